The molecule has 2 aliphatic heterocycles. The van der Waals surface area contributed by atoms with Gasteiger partial charge in [0.25, 0.3) is 0 Å². The van der Waals surface area contributed by atoms with E-state index in [4.69, 9.17) is 14.2 Å². The van der Waals surface area contributed by atoms with Crippen LogP contribution in [0.4, 0.5) is 0 Å². The molecule has 0 saturated carbocycles. The Bertz CT molecular complexity index is 598. The molecule has 2 saturated heterocycles. The minimum Gasteiger partial charge on any atom is -0.394 e. The molecular weight excluding hydrogens is 498 g/mol. The zero-order valence-corrected chi connectivity index (χ0v) is 22.9. The molecule has 226 valence electrons. The third-order valence-corrected chi connectivity index (χ3v) is 7.66. The minimum atomic E-state index is -1.68. The molecular formula is C27H53NO10. The first kappa shape index (κ1) is 33.8. The second-order valence-corrected chi connectivity index (χ2v) is 10.8. The van der Waals surface area contributed by atoms with Gasteiger partial charge in [0.05, 0.1) is 19.3 Å². The van der Waals surface area contributed by atoms with Crippen molar-refractivity contribution in [3.63, 3.8) is 0 Å². The van der Waals surface area contributed by atoms with E-state index in [-0.39, 0.29) is 0 Å². The fourth-order valence-corrected chi connectivity index (χ4v) is 5.18. The van der Waals surface area contributed by atoms with Gasteiger partial charge in [-0.25, -0.2) is 0 Å². The van der Waals surface area contributed by atoms with Crippen LogP contribution >= 0.6 is 0 Å². The maximum Gasteiger partial charge on any atom is 0.189 e. The molecule has 11 nitrogen and oxygen atoms in total. The van der Waals surface area contributed by atoms with E-state index in [0.29, 0.717) is 6.54 Å². The number of rotatable bonds is 19. The van der Waals surface area contributed by atoms with Gasteiger partial charge in [-0.1, -0.05) is 84.0 Å². The molecule has 2 heterocycles. The second-order valence-electron chi connectivity index (χ2n) is 10.8. The fourth-order valence-electron chi connectivity index (χ4n) is 5.18. The first-order chi connectivity index (χ1) is 18.3. The molecule has 5 unspecified atom stereocenters. The summed E-state index contributed by atoms with van der Waals surface area (Å²) in [6, 6.07) is -0.734. The first-order valence-electron chi connectivity index (χ1n) is 14.7. The maximum atomic E-state index is 10.7. The van der Waals surface area contributed by atoms with Crippen molar-refractivity contribution in [3.05, 3.63) is 0 Å². The zero-order chi connectivity index (χ0) is 27.9. The number of hydrogen-bond donors (Lipinski definition) is 8. The molecule has 0 spiro atoms. The van der Waals surface area contributed by atoms with Gasteiger partial charge in [0.1, 0.15) is 42.7 Å². The lowest BCUT2D eigenvalue weighted by atomic mass is 9.95. The molecule has 0 aromatic heterocycles. The largest absolute Gasteiger partial charge is 0.394 e. The molecule has 0 aromatic carbocycles. The second kappa shape index (κ2) is 18.8. The van der Waals surface area contributed by atoms with Gasteiger partial charge in [0.15, 0.2) is 12.6 Å². The van der Waals surface area contributed by atoms with E-state index in [1.54, 1.807) is 0 Å². The maximum absolute atomic E-state index is 10.7. The number of unbranched alkanes of at least 4 members (excludes halogenated alkanes) is 12. The molecule has 0 aliphatic carbocycles. The van der Waals surface area contributed by atoms with Crippen LogP contribution in [0.2, 0.25) is 0 Å². The standard InChI is InChI=1S/C27H53NO10/c1-2-3-4-5-6-7-8-9-10-11-12-13-14-15-28-20-18(16-29)36-26(24(34)22(20)32)38-27-25(35)23(33)21(31)19(17-30)37-27/h18-35H,2-17H2,1H3/t18?,19?,20-,21-,22?,23?,24+,25?,26-,27-/m1/s1. The Hall–Kier alpha value is -0.440. The number of aliphatic hydroxyl groups excluding tert-OH is 7. The van der Waals surface area contributed by atoms with Crippen LogP contribution in [0.25, 0.3) is 0 Å². The van der Waals surface area contributed by atoms with E-state index >= 15 is 0 Å². The third-order valence-electron chi connectivity index (χ3n) is 7.66. The predicted molar refractivity (Wildman–Crippen MR) is 140 cm³/mol. The van der Waals surface area contributed by atoms with Crippen LogP contribution in [0.5, 0.6) is 0 Å². The Labute approximate surface area is 227 Å². The van der Waals surface area contributed by atoms with Crippen LogP contribution in [-0.4, -0.2) is 117 Å². The van der Waals surface area contributed by atoms with Crippen LogP contribution in [0.1, 0.15) is 90.4 Å². The van der Waals surface area contributed by atoms with Crippen LogP contribution in [-0.2, 0) is 14.2 Å². The van der Waals surface area contributed by atoms with Crippen molar-refractivity contribution in [1.82, 2.24) is 5.32 Å². The quantitative estimate of drug-likeness (QED) is 0.103. The average Bonchev–Trinajstić information content (AvgIpc) is 2.92. The van der Waals surface area contributed by atoms with Crippen LogP contribution < -0.4 is 5.32 Å². The van der Waals surface area contributed by atoms with E-state index in [1.165, 1.54) is 64.2 Å². The van der Waals surface area contributed by atoms with Crippen molar-refractivity contribution < 1.29 is 50.0 Å². The van der Waals surface area contributed by atoms with Gasteiger partial charge in [0, 0.05) is 0 Å². The molecule has 11 heteroatoms. The Morgan fingerprint density at radius 3 is 1.50 bits per heavy atom. The molecule has 38 heavy (non-hydrogen) atoms. The first-order valence-corrected chi connectivity index (χ1v) is 14.7. The van der Waals surface area contributed by atoms with E-state index in [2.05, 4.69) is 12.2 Å². The van der Waals surface area contributed by atoms with E-state index in [1.807, 2.05) is 0 Å². The summed E-state index contributed by atoms with van der Waals surface area (Å²) < 4.78 is 16.4. The SMILES string of the molecule is CCCCCCCCCCCCCCCN[C@@H]1C(CO)O[C@H](O[C@H]2OC(CO)[C@@H](O)C(O)C2O)[C@@H](O)C1O. The van der Waals surface area contributed by atoms with Crippen molar-refractivity contribution >= 4 is 0 Å². The summed E-state index contributed by atoms with van der Waals surface area (Å²) in [7, 11) is 0. The molecule has 2 rings (SSSR count). The number of nitrogens with one attached hydrogen (secondary N) is 1. The topological polar surface area (TPSA) is 181 Å². The Morgan fingerprint density at radius 2 is 1.00 bits per heavy atom. The highest BCUT2D eigenvalue weighted by molar-refractivity contribution is 4.95. The summed E-state index contributed by atoms with van der Waals surface area (Å²) in [4.78, 5) is 0. The molecule has 0 radical (unpaired) electrons. The molecule has 2 aliphatic rings. The molecule has 0 bridgehead atoms. The summed E-state index contributed by atoms with van der Waals surface area (Å²) in [6.07, 6.45) is 3.36. The van der Waals surface area contributed by atoms with Gasteiger partial charge < -0.3 is 55.3 Å². The highest BCUT2D eigenvalue weighted by atomic mass is 16.8. The molecule has 0 amide bonds. The lowest BCUT2D eigenvalue weighted by molar-refractivity contribution is -0.370. The summed E-state index contributed by atoms with van der Waals surface area (Å²) in [5.74, 6) is 0. The lowest BCUT2D eigenvalue weighted by Gasteiger charge is -2.45. The fraction of sp³-hybridized carbons (Fsp3) is 1.00. The van der Waals surface area contributed by atoms with Crippen molar-refractivity contribution in [2.75, 3.05) is 19.8 Å². The summed E-state index contributed by atoms with van der Waals surface area (Å²) in [5, 5.41) is 73.6. The van der Waals surface area contributed by atoms with Gasteiger partial charge in [-0.15, -0.1) is 0 Å². The predicted octanol–water partition coefficient (Wildman–Crippen LogP) is 0.291. The summed E-state index contributed by atoms with van der Waals surface area (Å²) in [6.45, 7) is 1.74. The van der Waals surface area contributed by atoms with Crippen LogP contribution in [0.3, 0.4) is 0 Å². The Balaban J connectivity index is 1.65. The van der Waals surface area contributed by atoms with Crippen LogP contribution in [0.15, 0.2) is 0 Å². The van der Waals surface area contributed by atoms with Gasteiger partial charge >= 0.3 is 0 Å². The van der Waals surface area contributed by atoms with Crippen molar-refractivity contribution in [2.24, 2.45) is 0 Å². The van der Waals surface area contributed by atoms with Gasteiger partial charge in [-0.2, -0.15) is 0 Å². The summed E-state index contributed by atoms with van der Waals surface area (Å²) >= 11 is 0. The van der Waals surface area contributed by atoms with Gasteiger partial charge in [-0.3, -0.25) is 0 Å². The summed E-state index contributed by atoms with van der Waals surface area (Å²) in [5.41, 5.74) is 0. The van der Waals surface area contributed by atoms with Crippen molar-refractivity contribution in [1.29, 1.82) is 0 Å². The Morgan fingerprint density at radius 1 is 0.553 bits per heavy atom. The number of ether oxygens (including phenoxy) is 3. The zero-order valence-electron chi connectivity index (χ0n) is 22.9. The minimum absolute atomic E-state index is 0.450. The molecule has 8 N–H and O–H groups in total. The average molecular weight is 552 g/mol. The highest BCUT2D eigenvalue weighted by Gasteiger charge is 2.49. The van der Waals surface area contributed by atoms with Crippen LogP contribution in [0, 0.1) is 0 Å². The van der Waals surface area contributed by atoms with Gasteiger partial charge in [-0.05, 0) is 13.0 Å². The van der Waals surface area contributed by atoms with E-state index in [0.717, 1.165) is 19.3 Å². The third kappa shape index (κ3) is 10.5. The normalized spacial score (nSPS) is 36.0. The van der Waals surface area contributed by atoms with Crippen molar-refractivity contribution in [3.8, 4) is 0 Å². The molecule has 2 fully saturated rings. The van der Waals surface area contributed by atoms with Crippen molar-refractivity contribution in [2.45, 2.75) is 152 Å². The number of aliphatic hydroxyl groups is 7. The smallest absolute Gasteiger partial charge is 0.189 e. The van der Waals surface area contributed by atoms with E-state index in [9.17, 15) is 35.7 Å². The Kier molecular flexibility index (Phi) is 16.7. The lowest BCUT2D eigenvalue weighted by Crippen LogP contribution is -2.66. The van der Waals surface area contributed by atoms with Gasteiger partial charge in [0.2, 0.25) is 0 Å². The highest BCUT2D eigenvalue weighted by Crippen LogP contribution is 2.28. The molecule has 0 aromatic rings. The molecule has 10 atom stereocenters. The number of hydrogen-bond acceptors (Lipinski definition) is 11. The monoisotopic (exact) mass is 551 g/mol. The van der Waals surface area contributed by atoms with E-state index < -0.39 is 74.6 Å².